The maximum absolute atomic E-state index is 10.9. The molecule has 0 bridgehead atoms. The second kappa shape index (κ2) is 11.2. The van der Waals surface area contributed by atoms with Crippen LogP contribution >= 0.6 is 0 Å². The number of quaternary nitrogens is 1. The zero-order valence-corrected chi connectivity index (χ0v) is 16.7. The highest BCUT2D eigenvalue weighted by atomic mass is 16.6. The average Bonchev–Trinajstić information content (AvgIpc) is 2.64. The van der Waals surface area contributed by atoms with Gasteiger partial charge >= 0.3 is 0 Å². The Kier molecular flexibility index (Phi) is 9.73. The maximum Gasteiger partial charge on any atom is 0.269 e. The molecule has 25 heavy (non-hydrogen) atoms. The largest absolute Gasteiger partial charge is 0.318 e. The number of nitrogens with zero attached hydrogens (tertiary/aromatic N) is 2. The Morgan fingerprint density at radius 1 is 0.920 bits per heavy atom. The van der Waals surface area contributed by atoms with Crippen LogP contribution in [0.25, 0.3) is 0 Å². The zero-order valence-electron chi connectivity index (χ0n) is 16.7. The lowest BCUT2D eigenvalue weighted by Gasteiger charge is -2.44. The minimum Gasteiger partial charge on any atom is -0.318 e. The van der Waals surface area contributed by atoms with Crippen LogP contribution in [0.1, 0.15) is 84.2 Å². The van der Waals surface area contributed by atoms with E-state index in [9.17, 15) is 10.1 Å². The number of non-ortho nitro benzene ring substituents is 1. The molecule has 0 amide bonds. The molecule has 0 fully saturated rings. The summed E-state index contributed by atoms with van der Waals surface area (Å²) in [5.74, 6) is 0. The lowest BCUT2D eigenvalue weighted by atomic mass is 9.96. The standard InChI is InChI=1S/C21H37N2O2/c1-5-9-10-11-12-18-23(7-3,8-4)21(13-6-2)19-14-16-20(17-15-19)22(24)25/h14-17,21H,5-13,18H2,1-4H3/q+1. The molecule has 0 spiro atoms. The Balaban J connectivity index is 2.97. The van der Waals surface area contributed by atoms with E-state index < -0.39 is 0 Å². The topological polar surface area (TPSA) is 43.1 Å². The number of hydrogen-bond acceptors (Lipinski definition) is 2. The monoisotopic (exact) mass is 349 g/mol. The van der Waals surface area contributed by atoms with Crippen LogP contribution in [0.5, 0.6) is 0 Å². The van der Waals surface area contributed by atoms with Crippen LogP contribution in [0.15, 0.2) is 24.3 Å². The van der Waals surface area contributed by atoms with Gasteiger partial charge < -0.3 is 4.48 Å². The fourth-order valence-electron chi connectivity index (χ4n) is 4.02. The van der Waals surface area contributed by atoms with Crippen LogP contribution in [0, 0.1) is 10.1 Å². The number of nitro benzene ring substituents is 1. The van der Waals surface area contributed by atoms with E-state index in [-0.39, 0.29) is 10.6 Å². The Hall–Kier alpha value is -1.42. The van der Waals surface area contributed by atoms with E-state index in [4.69, 9.17) is 0 Å². The van der Waals surface area contributed by atoms with Crippen molar-refractivity contribution in [3.8, 4) is 0 Å². The highest BCUT2D eigenvalue weighted by Gasteiger charge is 2.34. The molecule has 1 rings (SSSR count). The third kappa shape index (κ3) is 6.10. The summed E-state index contributed by atoms with van der Waals surface area (Å²) in [5.41, 5.74) is 1.44. The van der Waals surface area contributed by atoms with Crippen LogP contribution in [0.2, 0.25) is 0 Å². The lowest BCUT2D eigenvalue weighted by Crippen LogP contribution is -2.51. The molecule has 4 nitrogen and oxygen atoms in total. The molecule has 0 aliphatic rings. The van der Waals surface area contributed by atoms with E-state index in [1.807, 2.05) is 12.1 Å². The number of rotatable bonds is 13. The van der Waals surface area contributed by atoms with Crippen LogP contribution in [0.3, 0.4) is 0 Å². The van der Waals surface area contributed by atoms with E-state index in [0.29, 0.717) is 6.04 Å². The number of benzene rings is 1. The van der Waals surface area contributed by atoms with Gasteiger partial charge in [0.15, 0.2) is 0 Å². The quantitative estimate of drug-likeness (QED) is 0.182. The van der Waals surface area contributed by atoms with Gasteiger partial charge in [-0.05, 0) is 38.8 Å². The molecule has 142 valence electrons. The first-order valence-corrected chi connectivity index (χ1v) is 10.1. The third-order valence-corrected chi connectivity index (χ3v) is 5.68. The summed E-state index contributed by atoms with van der Waals surface area (Å²) >= 11 is 0. The first-order chi connectivity index (χ1) is 12.0. The van der Waals surface area contributed by atoms with Gasteiger partial charge in [0.1, 0.15) is 6.04 Å². The third-order valence-electron chi connectivity index (χ3n) is 5.68. The molecule has 0 aliphatic carbocycles. The zero-order chi connectivity index (χ0) is 18.7. The summed E-state index contributed by atoms with van der Waals surface area (Å²) in [6.45, 7) is 12.5. The fraction of sp³-hybridized carbons (Fsp3) is 0.714. The predicted molar refractivity (Wildman–Crippen MR) is 106 cm³/mol. The van der Waals surface area contributed by atoms with Crippen molar-refractivity contribution in [2.45, 2.75) is 78.7 Å². The van der Waals surface area contributed by atoms with Crippen LogP contribution in [0.4, 0.5) is 5.69 Å². The van der Waals surface area contributed by atoms with Crippen LogP contribution in [-0.4, -0.2) is 29.0 Å². The van der Waals surface area contributed by atoms with E-state index in [1.165, 1.54) is 44.2 Å². The molecular formula is C21H37N2O2+. The summed E-state index contributed by atoms with van der Waals surface area (Å²) in [6.07, 6.45) is 8.80. The average molecular weight is 350 g/mol. The van der Waals surface area contributed by atoms with Crippen molar-refractivity contribution in [1.82, 2.24) is 0 Å². The summed E-state index contributed by atoms with van der Waals surface area (Å²) in [4.78, 5) is 10.6. The van der Waals surface area contributed by atoms with Gasteiger partial charge in [-0.15, -0.1) is 0 Å². The molecule has 1 aromatic carbocycles. The first-order valence-electron chi connectivity index (χ1n) is 10.1. The van der Waals surface area contributed by atoms with Crippen molar-refractivity contribution in [3.05, 3.63) is 39.9 Å². The van der Waals surface area contributed by atoms with Crippen LogP contribution in [-0.2, 0) is 0 Å². The number of nitro groups is 1. The summed E-state index contributed by atoms with van der Waals surface area (Å²) in [6, 6.07) is 7.73. The van der Waals surface area contributed by atoms with Crippen molar-refractivity contribution < 1.29 is 9.41 Å². The Morgan fingerprint density at radius 3 is 2.00 bits per heavy atom. The van der Waals surface area contributed by atoms with E-state index in [1.54, 1.807) is 12.1 Å². The summed E-state index contributed by atoms with van der Waals surface area (Å²) in [5, 5.41) is 10.9. The summed E-state index contributed by atoms with van der Waals surface area (Å²) < 4.78 is 1.10. The molecule has 0 saturated heterocycles. The van der Waals surface area contributed by atoms with Gasteiger partial charge in [0.2, 0.25) is 0 Å². The second-order valence-electron chi connectivity index (χ2n) is 7.14. The van der Waals surface area contributed by atoms with Crippen LogP contribution < -0.4 is 0 Å². The van der Waals surface area contributed by atoms with Crippen molar-refractivity contribution >= 4 is 5.69 Å². The molecule has 0 N–H and O–H groups in total. The van der Waals surface area contributed by atoms with E-state index in [0.717, 1.165) is 30.4 Å². The highest BCUT2D eigenvalue weighted by molar-refractivity contribution is 5.33. The SMILES string of the molecule is CCCCCCC[N+](CC)(CC)C(CCC)c1ccc([N+](=O)[O-])cc1. The van der Waals surface area contributed by atoms with Gasteiger partial charge in [0, 0.05) is 24.1 Å². The molecule has 1 aromatic rings. The molecule has 4 heteroatoms. The minimum atomic E-state index is -0.311. The molecule has 0 heterocycles. The van der Waals surface area contributed by atoms with Gasteiger partial charge in [-0.3, -0.25) is 10.1 Å². The Morgan fingerprint density at radius 2 is 1.52 bits per heavy atom. The molecule has 1 atom stereocenters. The van der Waals surface area contributed by atoms with Crippen molar-refractivity contribution in [3.63, 3.8) is 0 Å². The molecule has 0 radical (unpaired) electrons. The van der Waals surface area contributed by atoms with E-state index >= 15 is 0 Å². The van der Waals surface area contributed by atoms with Crippen molar-refractivity contribution in [2.24, 2.45) is 0 Å². The second-order valence-corrected chi connectivity index (χ2v) is 7.14. The highest BCUT2D eigenvalue weighted by Crippen LogP contribution is 2.34. The predicted octanol–water partition coefficient (Wildman–Crippen LogP) is 6.26. The normalized spacial score (nSPS) is 13.0. The van der Waals surface area contributed by atoms with E-state index in [2.05, 4.69) is 27.7 Å². The van der Waals surface area contributed by atoms with Gasteiger partial charge in [0.05, 0.1) is 24.6 Å². The van der Waals surface area contributed by atoms with Gasteiger partial charge in [-0.25, -0.2) is 0 Å². The first kappa shape index (κ1) is 21.6. The van der Waals surface area contributed by atoms with Gasteiger partial charge in [-0.2, -0.15) is 0 Å². The molecular weight excluding hydrogens is 312 g/mol. The Labute approximate surface area is 154 Å². The minimum absolute atomic E-state index is 0.185. The number of hydrogen-bond donors (Lipinski definition) is 0. The van der Waals surface area contributed by atoms with Gasteiger partial charge in [-0.1, -0.05) is 39.5 Å². The molecule has 0 saturated carbocycles. The molecule has 0 aliphatic heterocycles. The smallest absolute Gasteiger partial charge is 0.269 e. The lowest BCUT2D eigenvalue weighted by molar-refractivity contribution is -0.954. The number of unbranched alkanes of at least 4 members (excludes halogenated alkanes) is 4. The van der Waals surface area contributed by atoms with Gasteiger partial charge in [0.25, 0.3) is 5.69 Å². The fourth-order valence-corrected chi connectivity index (χ4v) is 4.02. The summed E-state index contributed by atoms with van der Waals surface area (Å²) in [7, 11) is 0. The molecule has 0 aromatic heterocycles. The molecule has 1 unspecified atom stereocenters. The van der Waals surface area contributed by atoms with Crippen molar-refractivity contribution in [1.29, 1.82) is 0 Å². The maximum atomic E-state index is 10.9. The Bertz CT molecular complexity index is 495. The van der Waals surface area contributed by atoms with Crippen molar-refractivity contribution in [2.75, 3.05) is 19.6 Å².